The van der Waals surface area contributed by atoms with Gasteiger partial charge < -0.3 is 10.6 Å². The van der Waals surface area contributed by atoms with Gasteiger partial charge in [-0.1, -0.05) is 19.9 Å². The Morgan fingerprint density at radius 2 is 2.00 bits per heavy atom. The van der Waals surface area contributed by atoms with Gasteiger partial charge in [0.25, 0.3) is 5.91 Å². The number of anilines is 1. The highest BCUT2D eigenvalue weighted by Crippen LogP contribution is 2.30. The van der Waals surface area contributed by atoms with Crippen molar-refractivity contribution in [3.63, 3.8) is 0 Å². The van der Waals surface area contributed by atoms with Crippen LogP contribution in [0, 0.1) is 5.92 Å². The first-order valence-electron chi connectivity index (χ1n) is 7.18. The SMILES string of the molecule is CC(C)C1NC(=O)N(CC(=O)Nc2cccc(C(F)(F)F)c2)C1=O. The Morgan fingerprint density at radius 1 is 1.33 bits per heavy atom. The molecule has 9 heteroatoms. The van der Waals surface area contributed by atoms with E-state index in [4.69, 9.17) is 0 Å². The van der Waals surface area contributed by atoms with Crippen LogP contribution in [-0.4, -0.2) is 35.3 Å². The first-order chi connectivity index (χ1) is 11.1. The van der Waals surface area contributed by atoms with Crippen molar-refractivity contribution >= 4 is 23.5 Å². The third-order valence-electron chi connectivity index (χ3n) is 3.50. The van der Waals surface area contributed by atoms with Crippen LogP contribution >= 0.6 is 0 Å². The number of amides is 4. The molecule has 0 saturated carbocycles. The van der Waals surface area contributed by atoms with Crippen molar-refractivity contribution in [3.05, 3.63) is 29.8 Å². The number of carbonyl (C=O) groups is 3. The number of alkyl halides is 3. The number of imide groups is 1. The van der Waals surface area contributed by atoms with Crippen molar-refractivity contribution in [1.82, 2.24) is 10.2 Å². The summed E-state index contributed by atoms with van der Waals surface area (Å²) >= 11 is 0. The molecule has 4 amide bonds. The maximum Gasteiger partial charge on any atom is 0.416 e. The molecule has 1 unspecified atom stereocenters. The van der Waals surface area contributed by atoms with Crippen LogP contribution in [0.1, 0.15) is 19.4 Å². The van der Waals surface area contributed by atoms with Gasteiger partial charge >= 0.3 is 12.2 Å². The van der Waals surface area contributed by atoms with E-state index in [0.29, 0.717) is 0 Å². The van der Waals surface area contributed by atoms with Gasteiger partial charge in [-0.25, -0.2) is 4.79 Å². The molecule has 0 radical (unpaired) electrons. The van der Waals surface area contributed by atoms with Crippen LogP contribution in [0.15, 0.2) is 24.3 Å². The van der Waals surface area contributed by atoms with Crippen molar-refractivity contribution in [1.29, 1.82) is 0 Å². The zero-order valence-corrected chi connectivity index (χ0v) is 13.0. The Bertz CT molecular complexity index is 673. The molecule has 1 atom stereocenters. The summed E-state index contributed by atoms with van der Waals surface area (Å²) < 4.78 is 37.9. The fraction of sp³-hybridized carbons (Fsp3) is 0.400. The van der Waals surface area contributed by atoms with Gasteiger partial charge in [0.05, 0.1) is 5.56 Å². The van der Waals surface area contributed by atoms with Gasteiger partial charge in [0.2, 0.25) is 5.91 Å². The monoisotopic (exact) mass is 343 g/mol. The molecule has 1 saturated heterocycles. The number of rotatable bonds is 4. The van der Waals surface area contributed by atoms with E-state index in [1.165, 1.54) is 6.07 Å². The molecule has 1 aliphatic heterocycles. The Balaban J connectivity index is 2.04. The van der Waals surface area contributed by atoms with Gasteiger partial charge in [0.15, 0.2) is 0 Å². The van der Waals surface area contributed by atoms with Crippen LogP contribution < -0.4 is 10.6 Å². The molecular formula is C15H16F3N3O3. The third-order valence-corrected chi connectivity index (χ3v) is 3.50. The van der Waals surface area contributed by atoms with Crippen molar-refractivity contribution in [2.45, 2.75) is 26.1 Å². The summed E-state index contributed by atoms with van der Waals surface area (Å²) in [6.45, 7) is 2.92. The molecule has 1 fully saturated rings. The lowest BCUT2D eigenvalue weighted by atomic mass is 10.1. The number of hydrogen-bond acceptors (Lipinski definition) is 3. The summed E-state index contributed by atoms with van der Waals surface area (Å²) in [6.07, 6.45) is -4.53. The highest BCUT2D eigenvalue weighted by molar-refractivity contribution is 6.08. The van der Waals surface area contributed by atoms with E-state index in [-0.39, 0.29) is 11.6 Å². The first kappa shape index (κ1) is 17.8. The second kappa shape index (κ2) is 6.50. The summed E-state index contributed by atoms with van der Waals surface area (Å²) in [4.78, 5) is 36.5. The summed E-state index contributed by atoms with van der Waals surface area (Å²) in [5.41, 5.74) is -0.975. The van der Waals surface area contributed by atoms with Crippen molar-refractivity contribution in [2.75, 3.05) is 11.9 Å². The number of halogens is 3. The highest BCUT2D eigenvalue weighted by Gasteiger charge is 2.40. The maximum absolute atomic E-state index is 12.6. The van der Waals surface area contributed by atoms with Crippen LogP contribution in [0.2, 0.25) is 0 Å². The minimum atomic E-state index is -4.53. The molecule has 2 rings (SSSR count). The minimum Gasteiger partial charge on any atom is -0.326 e. The molecule has 1 aromatic rings. The average molecular weight is 343 g/mol. The first-order valence-corrected chi connectivity index (χ1v) is 7.18. The highest BCUT2D eigenvalue weighted by atomic mass is 19.4. The summed E-state index contributed by atoms with van der Waals surface area (Å²) in [5, 5.41) is 4.71. The van der Waals surface area contributed by atoms with Gasteiger partial charge in [0, 0.05) is 5.69 Å². The minimum absolute atomic E-state index is 0.0673. The van der Waals surface area contributed by atoms with Crippen LogP contribution in [0.5, 0.6) is 0 Å². The summed E-state index contributed by atoms with van der Waals surface area (Å²) in [5.74, 6) is -1.44. The lowest BCUT2D eigenvalue weighted by molar-refractivity contribution is -0.137. The molecule has 0 bridgehead atoms. The molecule has 130 valence electrons. The molecule has 0 aliphatic carbocycles. The predicted octanol–water partition coefficient (Wildman–Crippen LogP) is 2.22. The molecule has 0 spiro atoms. The lowest BCUT2D eigenvalue weighted by Crippen LogP contribution is -2.39. The largest absolute Gasteiger partial charge is 0.416 e. The van der Waals surface area contributed by atoms with E-state index in [0.717, 1.165) is 23.1 Å². The molecule has 1 heterocycles. The number of urea groups is 1. The molecule has 1 aliphatic rings. The van der Waals surface area contributed by atoms with Gasteiger partial charge in [0.1, 0.15) is 12.6 Å². The number of nitrogens with zero attached hydrogens (tertiary/aromatic N) is 1. The standard InChI is InChI=1S/C15H16F3N3O3/c1-8(2)12-13(23)21(14(24)20-12)7-11(22)19-10-5-3-4-9(6-10)15(16,17)18/h3-6,8,12H,7H2,1-2H3,(H,19,22)(H,20,24). The van der Waals surface area contributed by atoms with E-state index in [1.807, 2.05) is 0 Å². The summed E-state index contributed by atoms with van der Waals surface area (Å²) in [6, 6.07) is 2.69. The Hall–Kier alpha value is -2.58. The second-order valence-corrected chi connectivity index (χ2v) is 5.72. The van der Waals surface area contributed by atoms with Gasteiger partial charge in [-0.05, 0) is 24.1 Å². The average Bonchev–Trinajstić information content (AvgIpc) is 2.75. The Kier molecular flexibility index (Phi) is 4.81. The normalized spacial score (nSPS) is 18.1. The maximum atomic E-state index is 12.6. The number of carbonyl (C=O) groups excluding carboxylic acids is 3. The molecule has 6 nitrogen and oxygen atoms in total. The number of nitrogens with one attached hydrogen (secondary N) is 2. The van der Waals surface area contributed by atoms with Gasteiger partial charge in [-0.3, -0.25) is 14.5 Å². The molecule has 24 heavy (non-hydrogen) atoms. The van der Waals surface area contributed by atoms with Crippen LogP contribution in [0.3, 0.4) is 0 Å². The summed E-state index contributed by atoms with van der Waals surface area (Å²) in [7, 11) is 0. The topological polar surface area (TPSA) is 78.5 Å². The van der Waals surface area contributed by atoms with Gasteiger partial charge in [-0.2, -0.15) is 13.2 Å². The fourth-order valence-electron chi connectivity index (χ4n) is 2.26. The predicted molar refractivity (Wildman–Crippen MR) is 78.9 cm³/mol. The zero-order chi connectivity index (χ0) is 18.1. The fourth-order valence-corrected chi connectivity index (χ4v) is 2.26. The van der Waals surface area contributed by atoms with E-state index in [2.05, 4.69) is 10.6 Å². The smallest absolute Gasteiger partial charge is 0.326 e. The lowest BCUT2D eigenvalue weighted by Gasteiger charge is -2.15. The number of hydrogen-bond donors (Lipinski definition) is 2. The quantitative estimate of drug-likeness (QED) is 0.823. The van der Waals surface area contributed by atoms with Crippen molar-refractivity contribution in [3.8, 4) is 0 Å². The van der Waals surface area contributed by atoms with E-state index < -0.39 is 42.2 Å². The van der Waals surface area contributed by atoms with Crippen molar-refractivity contribution < 1.29 is 27.6 Å². The van der Waals surface area contributed by atoms with Gasteiger partial charge in [-0.15, -0.1) is 0 Å². The second-order valence-electron chi connectivity index (χ2n) is 5.72. The van der Waals surface area contributed by atoms with E-state index >= 15 is 0 Å². The molecule has 1 aromatic carbocycles. The Morgan fingerprint density at radius 3 is 2.54 bits per heavy atom. The third kappa shape index (κ3) is 3.84. The zero-order valence-electron chi connectivity index (χ0n) is 13.0. The van der Waals surface area contributed by atoms with Crippen LogP contribution in [0.25, 0.3) is 0 Å². The number of benzene rings is 1. The van der Waals surface area contributed by atoms with E-state index in [9.17, 15) is 27.6 Å². The van der Waals surface area contributed by atoms with Crippen LogP contribution in [0.4, 0.5) is 23.7 Å². The van der Waals surface area contributed by atoms with Crippen LogP contribution in [-0.2, 0) is 15.8 Å². The van der Waals surface area contributed by atoms with Crippen molar-refractivity contribution in [2.24, 2.45) is 5.92 Å². The molecule has 0 aromatic heterocycles. The molecule has 2 N–H and O–H groups in total. The van der Waals surface area contributed by atoms with E-state index in [1.54, 1.807) is 13.8 Å². The molecular weight excluding hydrogens is 327 g/mol. The Labute approximate surface area is 136 Å².